The second-order valence-corrected chi connectivity index (χ2v) is 5.44. The van der Waals surface area contributed by atoms with E-state index in [1.54, 1.807) is 12.3 Å². The average molecular weight is 285 g/mol. The van der Waals surface area contributed by atoms with Crippen molar-refractivity contribution in [2.75, 3.05) is 25.4 Å². The molecule has 110 valence electrons. The number of hydrogen-bond acceptors (Lipinski definition) is 5. The quantitative estimate of drug-likeness (QED) is 0.825. The summed E-state index contributed by atoms with van der Waals surface area (Å²) in [5, 5.41) is 0. The predicted octanol–water partition coefficient (Wildman–Crippen LogP) is 0.0001000. The van der Waals surface area contributed by atoms with Gasteiger partial charge in [-0.2, -0.15) is 4.98 Å². The number of likely N-dealkylation sites (tertiary alicyclic amines) is 1. The maximum atomic E-state index is 11.8. The SMILES string of the molecule is Nc1ccn(-c2ccc(CCN3CC(N)C3)cc2)c(=O)n1. The molecule has 0 aliphatic carbocycles. The van der Waals surface area contributed by atoms with Crippen molar-refractivity contribution in [3.8, 4) is 5.69 Å². The molecule has 1 aliphatic heterocycles. The molecule has 1 aromatic carbocycles. The van der Waals surface area contributed by atoms with Crippen LogP contribution in [0, 0.1) is 0 Å². The lowest BCUT2D eigenvalue weighted by atomic mass is 10.1. The Kier molecular flexibility index (Phi) is 3.72. The van der Waals surface area contributed by atoms with Gasteiger partial charge in [-0.15, -0.1) is 0 Å². The second-order valence-electron chi connectivity index (χ2n) is 5.44. The van der Waals surface area contributed by atoms with Crippen LogP contribution in [0.1, 0.15) is 5.56 Å². The van der Waals surface area contributed by atoms with Gasteiger partial charge in [0.05, 0.1) is 5.69 Å². The molecule has 6 heteroatoms. The molecule has 4 N–H and O–H groups in total. The Morgan fingerprint density at radius 2 is 1.90 bits per heavy atom. The molecule has 21 heavy (non-hydrogen) atoms. The average Bonchev–Trinajstić information content (AvgIpc) is 2.43. The topological polar surface area (TPSA) is 90.2 Å². The Morgan fingerprint density at radius 3 is 2.52 bits per heavy atom. The van der Waals surface area contributed by atoms with Gasteiger partial charge >= 0.3 is 5.69 Å². The van der Waals surface area contributed by atoms with Gasteiger partial charge in [0.2, 0.25) is 0 Å². The van der Waals surface area contributed by atoms with Crippen LogP contribution in [-0.2, 0) is 6.42 Å². The van der Waals surface area contributed by atoms with Gasteiger partial charge in [-0.25, -0.2) is 4.79 Å². The monoisotopic (exact) mass is 285 g/mol. The van der Waals surface area contributed by atoms with Gasteiger partial charge < -0.3 is 11.5 Å². The highest BCUT2D eigenvalue weighted by molar-refractivity contribution is 5.36. The summed E-state index contributed by atoms with van der Waals surface area (Å²) in [7, 11) is 0. The van der Waals surface area contributed by atoms with E-state index in [0.29, 0.717) is 6.04 Å². The fourth-order valence-corrected chi connectivity index (χ4v) is 2.52. The number of benzene rings is 1. The van der Waals surface area contributed by atoms with E-state index in [1.165, 1.54) is 10.1 Å². The molecular formula is C15H19N5O. The van der Waals surface area contributed by atoms with Crippen molar-refractivity contribution in [1.82, 2.24) is 14.5 Å². The van der Waals surface area contributed by atoms with Crippen LogP contribution in [0.15, 0.2) is 41.3 Å². The van der Waals surface area contributed by atoms with Gasteiger partial charge in [-0.3, -0.25) is 9.47 Å². The lowest BCUT2D eigenvalue weighted by molar-refractivity contribution is 0.153. The van der Waals surface area contributed by atoms with Crippen LogP contribution >= 0.6 is 0 Å². The molecule has 3 rings (SSSR count). The summed E-state index contributed by atoms with van der Waals surface area (Å²) < 4.78 is 1.48. The fraction of sp³-hybridized carbons (Fsp3) is 0.333. The van der Waals surface area contributed by atoms with E-state index in [1.807, 2.05) is 24.3 Å². The zero-order valence-electron chi connectivity index (χ0n) is 11.8. The van der Waals surface area contributed by atoms with Crippen molar-refractivity contribution < 1.29 is 0 Å². The first-order valence-corrected chi connectivity index (χ1v) is 7.04. The maximum absolute atomic E-state index is 11.8. The van der Waals surface area contributed by atoms with Crippen molar-refractivity contribution in [3.63, 3.8) is 0 Å². The number of nitrogen functional groups attached to an aromatic ring is 1. The maximum Gasteiger partial charge on any atom is 0.354 e. The molecule has 0 atom stereocenters. The highest BCUT2D eigenvalue weighted by Crippen LogP contribution is 2.11. The molecular weight excluding hydrogens is 266 g/mol. The Bertz CT molecular complexity index is 673. The number of hydrogen-bond donors (Lipinski definition) is 2. The van der Waals surface area contributed by atoms with Gasteiger partial charge in [-0.1, -0.05) is 12.1 Å². The summed E-state index contributed by atoms with van der Waals surface area (Å²) in [5.41, 5.74) is 12.9. The van der Waals surface area contributed by atoms with Gasteiger partial charge in [0.15, 0.2) is 0 Å². The summed E-state index contributed by atoms with van der Waals surface area (Å²) >= 11 is 0. The number of anilines is 1. The highest BCUT2D eigenvalue weighted by atomic mass is 16.1. The molecule has 1 aliphatic rings. The predicted molar refractivity (Wildman–Crippen MR) is 82.4 cm³/mol. The Balaban J connectivity index is 1.67. The van der Waals surface area contributed by atoms with E-state index in [9.17, 15) is 4.79 Å². The summed E-state index contributed by atoms with van der Waals surface area (Å²) in [5.74, 6) is 0.237. The van der Waals surface area contributed by atoms with E-state index >= 15 is 0 Å². The van der Waals surface area contributed by atoms with Crippen molar-refractivity contribution in [3.05, 3.63) is 52.6 Å². The van der Waals surface area contributed by atoms with Crippen LogP contribution in [0.2, 0.25) is 0 Å². The first-order chi connectivity index (χ1) is 10.1. The Hall–Kier alpha value is -2.18. The number of nitrogens with two attached hydrogens (primary N) is 2. The molecule has 0 amide bonds. The minimum absolute atomic E-state index is 0.237. The third-order valence-corrected chi connectivity index (χ3v) is 3.74. The molecule has 0 radical (unpaired) electrons. The van der Waals surface area contributed by atoms with Crippen molar-refractivity contribution in [1.29, 1.82) is 0 Å². The second kappa shape index (κ2) is 5.67. The number of aromatic nitrogens is 2. The molecule has 1 fully saturated rings. The normalized spacial score (nSPS) is 15.9. The van der Waals surface area contributed by atoms with Gasteiger partial charge in [-0.05, 0) is 30.2 Å². The molecule has 0 bridgehead atoms. The summed E-state index contributed by atoms with van der Waals surface area (Å²) in [6.45, 7) is 3.01. The number of nitrogens with zero attached hydrogens (tertiary/aromatic N) is 3. The fourth-order valence-electron chi connectivity index (χ4n) is 2.52. The largest absolute Gasteiger partial charge is 0.383 e. The van der Waals surface area contributed by atoms with Crippen LogP contribution in [0.25, 0.3) is 5.69 Å². The molecule has 2 aromatic rings. The summed E-state index contributed by atoms with van der Waals surface area (Å²) in [6.07, 6.45) is 2.63. The third-order valence-electron chi connectivity index (χ3n) is 3.74. The van der Waals surface area contributed by atoms with E-state index in [-0.39, 0.29) is 11.5 Å². The zero-order chi connectivity index (χ0) is 14.8. The van der Waals surface area contributed by atoms with E-state index < -0.39 is 0 Å². The first-order valence-electron chi connectivity index (χ1n) is 7.04. The minimum atomic E-state index is -0.364. The lowest BCUT2D eigenvalue weighted by Gasteiger charge is -2.36. The van der Waals surface area contributed by atoms with Crippen LogP contribution in [0.4, 0.5) is 5.82 Å². The van der Waals surface area contributed by atoms with Gasteiger partial charge in [0, 0.05) is 31.9 Å². The van der Waals surface area contributed by atoms with Crippen LogP contribution < -0.4 is 17.2 Å². The molecule has 1 aromatic heterocycles. The zero-order valence-corrected chi connectivity index (χ0v) is 11.8. The van der Waals surface area contributed by atoms with Gasteiger partial charge in [0.1, 0.15) is 5.82 Å². The van der Waals surface area contributed by atoms with Crippen LogP contribution in [0.3, 0.4) is 0 Å². The molecule has 6 nitrogen and oxygen atoms in total. The van der Waals surface area contributed by atoms with Crippen LogP contribution in [-0.4, -0.2) is 40.1 Å². The first kappa shape index (κ1) is 13.8. The molecule has 0 saturated carbocycles. The standard InChI is InChI=1S/C15H19N5O/c16-12-9-19(10-12)7-5-11-1-3-13(4-2-11)20-8-6-14(17)18-15(20)21/h1-4,6,8,12H,5,7,9-10,16H2,(H2,17,18,21). The number of rotatable bonds is 4. The molecule has 0 spiro atoms. The van der Waals surface area contributed by atoms with Crippen molar-refractivity contribution in [2.24, 2.45) is 5.73 Å². The Labute approximate surface area is 123 Å². The molecule has 2 heterocycles. The summed E-state index contributed by atoms with van der Waals surface area (Å²) in [4.78, 5) is 17.8. The summed E-state index contributed by atoms with van der Waals surface area (Å²) in [6, 6.07) is 9.89. The van der Waals surface area contributed by atoms with Crippen molar-refractivity contribution in [2.45, 2.75) is 12.5 Å². The smallest absolute Gasteiger partial charge is 0.354 e. The van der Waals surface area contributed by atoms with Crippen molar-refractivity contribution >= 4 is 5.82 Å². The highest BCUT2D eigenvalue weighted by Gasteiger charge is 2.21. The van der Waals surface area contributed by atoms with E-state index in [2.05, 4.69) is 9.88 Å². The lowest BCUT2D eigenvalue weighted by Crippen LogP contribution is -2.55. The van der Waals surface area contributed by atoms with Crippen LogP contribution in [0.5, 0.6) is 0 Å². The molecule has 0 unspecified atom stereocenters. The van der Waals surface area contributed by atoms with Gasteiger partial charge in [0.25, 0.3) is 0 Å². The van der Waals surface area contributed by atoms with E-state index in [0.717, 1.165) is 31.7 Å². The Morgan fingerprint density at radius 1 is 1.19 bits per heavy atom. The van der Waals surface area contributed by atoms with E-state index in [4.69, 9.17) is 11.5 Å². The minimum Gasteiger partial charge on any atom is -0.383 e. The third kappa shape index (κ3) is 3.12. The molecule has 1 saturated heterocycles.